The summed E-state index contributed by atoms with van der Waals surface area (Å²) >= 11 is 0. The van der Waals surface area contributed by atoms with Crippen LogP contribution in [0.15, 0.2) is 25.0 Å². The first-order valence-corrected chi connectivity index (χ1v) is 3.25. The molecule has 0 atom stereocenters. The van der Waals surface area contributed by atoms with E-state index < -0.39 is 0 Å². The average molecular weight is 126 g/mol. The van der Waals surface area contributed by atoms with Gasteiger partial charge in [-0.25, -0.2) is 0 Å². The van der Waals surface area contributed by atoms with Crippen LogP contribution in [0.2, 0.25) is 0 Å². The van der Waals surface area contributed by atoms with Crippen LogP contribution in [0, 0.1) is 0 Å². The molecular weight excluding hydrogens is 112 g/mol. The van der Waals surface area contributed by atoms with E-state index in [0.717, 1.165) is 19.4 Å². The maximum atomic E-state index is 4.91. The summed E-state index contributed by atoms with van der Waals surface area (Å²) in [5.41, 5.74) is 0. The first kappa shape index (κ1) is 8.28. The summed E-state index contributed by atoms with van der Waals surface area (Å²) in [6.07, 6.45) is 7.84. The molecule has 0 heterocycles. The lowest BCUT2D eigenvalue weighted by atomic mass is 10.3. The number of ether oxygens (including phenoxy) is 1. The molecule has 0 aromatic carbocycles. The molecule has 0 radical (unpaired) electrons. The van der Waals surface area contributed by atoms with E-state index in [1.807, 2.05) is 13.0 Å². The van der Waals surface area contributed by atoms with Crippen molar-refractivity contribution in [2.45, 2.75) is 19.8 Å². The van der Waals surface area contributed by atoms with E-state index in [2.05, 4.69) is 12.7 Å². The minimum absolute atomic E-state index is 0.786. The molecule has 0 fully saturated rings. The largest absolute Gasteiger partial charge is 0.502 e. The van der Waals surface area contributed by atoms with Gasteiger partial charge in [0.25, 0.3) is 0 Å². The Morgan fingerprint density at radius 1 is 1.56 bits per heavy atom. The predicted molar refractivity (Wildman–Crippen MR) is 40.2 cm³/mol. The fraction of sp³-hybridized carbons (Fsp3) is 0.500. The maximum Gasteiger partial charge on any atom is 0.0875 e. The summed E-state index contributed by atoms with van der Waals surface area (Å²) in [5, 5.41) is 0. The molecule has 0 aliphatic rings. The molecule has 0 N–H and O–H groups in total. The molecule has 0 spiro atoms. The van der Waals surface area contributed by atoms with E-state index in [0.29, 0.717) is 0 Å². The van der Waals surface area contributed by atoms with Gasteiger partial charge in [-0.05, 0) is 19.8 Å². The van der Waals surface area contributed by atoms with Crippen LogP contribution in [-0.4, -0.2) is 6.61 Å². The van der Waals surface area contributed by atoms with E-state index in [1.54, 1.807) is 0 Å². The average Bonchev–Trinajstić information content (AvgIpc) is 1.89. The zero-order chi connectivity index (χ0) is 6.95. The lowest BCUT2D eigenvalue weighted by molar-refractivity contribution is 0.247. The number of hydrogen-bond acceptors (Lipinski definition) is 1. The van der Waals surface area contributed by atoms with Gasteiger partial charge in [0.2, 0.25) is 0 Å². The van der Waals surface area contributed by atoms with Crippen molar-refractivity contribution in [2.75, 3.05) is 6.61 Å². The van der Waals surface area contributed by atoms with Gasteiger partial charge >= 0.3 is 0 Å². The van der Waals surface area contributed by atoms with E-state index in [4.69, 9.17) is 4.74 Å². The van der Waals surface area contributed by atoms with Crippen molar-refractivity contribution in [1.29, 1.82) is 0 Å². The second-order valence-corrected chi connectivity index (χ2v) is 1.75. The second kappa shape index (κ2) is 7.28. The van der Waals surface area contributed by atoms with Crippen molar-refractivity contribution < 1.29 is 4.74 Å². The van der Waals surface area contributed by atoms with E-state index in [9.17, 15) is 0 Å². The molecule has 0 aliphatic heterocycles. The third-order valence-corrected chi connectivity index (χ3v) is 0.987. The molecule has 0 bridgehead atoms. The molecule has 0 saturated heterocycles. The van der Waals surface area contributed by atoms with Crippen LogP contribution in [0.3, 0.4) is 0 Å². The SMILES string of the molecule is C=COCCC/C=C/C. The number of allylic oxidation sites excluding steroid dienone is 2. The fourth-order valence-corrected chi connectivity index (χ4v) is 0.535. The maximum absolute atomic E-state index is 4.91. The van der Waals surface area contributed by atoms with Gasteiger partial charge in [0.15, 0.2) is 0 Å². The molecule has 9 heavy (non-hydrogen) atoms. The Balaban J connectivity index is 2.82. The standard InChI is InChI=1S/C8H14O/c1-3-5-6-7-8-9-4-2/h3-5H,2,6-8H2,1H3/b5-3+. The van der Waals surface area contributed by atoms with Crippen LogP contribution in [0.1, 0.15) is 19.8 Å². The smallest absolute Gasteiger partial charge is 0.0875 e. The first-order chi connectivity index (χ1) is 4.41. The molecule has 0 unspecified atom stereocenters. The summed E-state index contributed by atoms with van der Waals surface area (Å²) in [4.78, 5) is 0. The lowest BCUT2D eigenvalue weighted by Gasteiger charge is -1.95. The summed E-state index contributed by atoms with van der Waals surface area (Å²) < 4.78 is 4.91. The number of hydrogen-bond donors (Lipinski definition) is 0. The number of unbranched alkanes of at least 4 members (excludes halogenated alkanes) is 1. The van der Waals surface area contributed by atoms with Gasteiger partial charge in [-0.3, -0.25) is 0 Å². The minimum atomic E-state index is 0.786. The van der Waals surface area contributed by atoms with Gasteiger partial charge in [0, 0.05) is 0 Å². The Morgan fingerprint density at radius 3 is 2.89 bits per heavy atom. The molecule has 0 amide bonds. The topological polar surface area (TPSA) is 9.23 Å². The summed E-state index contributed by atoms with van der Waals surface area (Å²) in [5.74, 6) is 0. The van der Waals surface area contributed by atoms with Gasteiger partial charge in [-0.2, -0.15) is 0 Å². The van der Waals surface area contributed by atoms with Gasteiger partial charge in [0.1, 0.15) is 0 Å². The Bertz CT molecular complexity index is 84.6. The Hall–Kier alpha value is -0.720. The Morgan fingerprint density at radius 2 is 2.33 bits per heavy atom. The van der Waals surface area contributed by atoms with Gasteiger partial charge < -0.3 is 4.74 Å². The molecule has 1 nitrogen and oxygen atoms in total. The molecular formula is C8H14O. The van der Waals surface area contributed by atoms with Crippen molar-refractivity contribution in [3.8, 4) is 0 Å². The fourth-order valence-electron chi connectivity index (χ4n) is 0.535. The predicted octanol–water partition coefficient (Wildman–Crippen LogP) is 2.50. The van der Waals surface area contributed by atoms with Crippen LogP contribution < -0.4 is 0 Å². The van der Waals surface area contributed by atoms with Crippen molar-refractivity contribution in [3.05, 3.63) is 25.0 Å². The highest BCUT2D eigenvalue weighted by Crippen LogP contribution is 1.90. The third-order valence-electron chi connectivity index (χ3n) is 0.987. The van der Waals surface area contributed by atoms with E-state index in [1.165, 1.54) is 6.26 Å². The highest BCUT2D eigenvalue weighted by Gasteiger charge is 1.79. The summed E-state index contributed by atoms with van der Waals surface area (Å²) in [6, 6.07) is 0. The lowest BCUT2D eigenvalue weighted by Crippen LogP contribution is -1.84. The Kier molecular flexibility index (Phi) is 6.70. The van der Waals surface area contributed by atoms with Crippen molar-refractivity contribution in [3.63, 3.8) is 0 Å². The summed E-state index contributed by atoms with van der Waals surface area (Å²) in [7, 11) is 0. The zero-order valence-electron chi connectivity index (χ0n) is 5.97. The van der Waals surface area contributed by atoms with Crippen LogP contribution in [0.5, 0.6) is 0 Å². The zero-order valence-corrected chi connectivity index (χ0v) is 5.97. The van der Waals surface area contributed by atoms with Crippen LogP contribution in [0.4, 0.5) is 0 Å². The first-order valence-electron chi connectivity index (χ1n) is 3.25. The highest BCUT2D eigenvalue weighted by atomic mass is 16.5. The van der Waals surface area contributed by atoms with Gasteiger partial charge in [-0.15, -0.1) is 0 Å². The molecule has 0 rings (SSSR count). The van der Waals surface area contributed by atoms with Crippen molar-refractivity contribution >= 4 is 0 Å². The quantitative estimate of drug-likeness (QED) is 0.312. The minimum Gasteiger partial charge on any atom is -0.502 e. The van der Waals surface area contributed by atoms with Crippen LogP contribution >= 0.6 is 0 Å². The van der Waals surface area contributed by atoms with Gasteiger partial charge in [-0.1, -0.05) is 18.7 Å². The molecule has 0 saturated carbocycles. The van der Waals surface area contributed by atoms with Crippen LogP contribution in [0.25, 0.3) is 0 Å². The highest BCUT2D eigenvalue weighted by molar-refractivity contribution is 4.76. The molecule has 1 heteroatoms. The second-order valence-electron chi connectivity index (χ2n) is 1.75. The van der Waals surface area contributed by atoms with E-state index >= 15 is 0 Å². The van der Waals surface area contributed by atoms with E-state index in [-0.39, 0.29) is 0 Å². The van der Waals surface area contributed by atoms with Crippen molar-refractivity contribution in [2.24, 2.45) is 0 Å². The van der Waals surface area contributed by atoms with Gasteiger partial charge in [0.05, 0.1) is 12.9 Å². The summed E-state index contributed by atoms with van der Waals surface area (Å²) in [6.45, 7) is 6.25. The van der Waals surface area contributed by atoms with Crippen LogP contribution in [-0.2, 0) is 4.74 Å². The van der Waals surface area contributed by atoms with Crippen molar-refractivity contribution in [1.82, 2.24) is 0 Å². The third kappa shape index (κ3) is 7.28. The Labute approximate surface area is 57.0 Å². The molecule has 0 aliphatic carbocycles. The number of rotatable bonds is 5. The molecule has 0 aromatic heterocycles. The molecule has 0 aromatic rings. The monoisotopic (exact) mass is 126 g/mol. The normalized spacial score (nSPS) is 9.89. The molecule has 52 valence electrons.